The molecule has 0 aliphatic carbocycles. The molecule has 1 heterocycles. The molecule has 0 spiro atoms. The van der Waals surface area contributed by atoms with Crippen molar-refractivity contribution in [3.63, 3.8) is 0 Å². The van der Waals surface area contributed by atoms with Crippen molar-refractivity contribution in [2.75, 3.05) is 45.1 Å². The van der Waals surface area contributed by atoms with Gasteiger partial charge in [0.25, 0.3) is 0 Å². The van der Waals surface area contributed by atoms with Gasteiger partial charge in [0.2, 0.25) is 0 Å². The van der Waals surface area contributed by atoms with Gasteiger partial charge in [0.15, 0.2) is 15.8 Å². The molecular formula is C24H42N6O3S. The van der Waals surface area contributed by atoms with Gasteiger partial charge in [0.1, 0.15) is 5.88 Å². The van der Waals surface area contributed by atoms with Crippen molar-refractivity contribution in [1.29, 1.82) is 5.41 Å². The Morgan fingerprint density at radius 2 is 1.44 bits per heavy atom. The number of urea groups is 1. The zero-order valence-corrected chi connectivity index (χ0v) is 22.3. The highest BCUT2D eigenvalue weighted by Gasteiger charge is 2.30. The lowest BCUT2D eigenvalue weighted by atomic mass is 9.89. The summed E-state index contributed by atoms with van der Waals surface area (Å²) >= 11 is 0. The monoisotopic (exact) mass is 494 g/mol. The third-order valence-electron chi connectivity index (χ3n) is 6.12. The summed E-state index contributed by atoms with van der Waals surface area (Å²) in [5.41, 5.74) is 8.19. The highest BCUT2D eigenvalue weighted by molar-refractivity contribution is 7.91. The van der Waals surface area contributed by atoms with E-state index < -0.39 is 9.84 Å². The van der Waals surface area contributed by atoms with Gasteiger partial charge < -0.3 is 21.3 Å². The average Bonchev–Trinajstić information content (AvgIpc) is 2.75. The molecule has 0 aromatic heterocycles. The van der Waals surface area contributed by atoms with Crippen LogP contribution in [0, 0.1) is 5.41 Å². The summed E-state index contributed by atoms with van der Waals surface area (Å²) in [5, 5.41) is 12.5. The second kappa shape index (κ2) is 11.9. The molecule has 1 aliphatic rings. The SMILES string of the molecule is CC(C)c1cc(C(C)C)c(S(=O)(=O)CN2CCN(C(=O)NCCNC(=N)N)CC2)c(C(C)C)c1. The van der Waals surface area contributed by atoms with Gasteiger partial charge in [-0.25, -0.2) is 13.2 Å². The van der Waals surface area contributed by atoms with Crippen LogP contribution in [0.3, 0.4) is 0 Å². The van der Waals surface area contributed by atoms with Gasteiger partial charge in [-0.05, 0) is 34.4 Å². The summed E-state index contributed by atoms with van der Waals surface area (Å²) in [7, 11) is -3.55. The third kappa shape index (κ3) is 7.33. The van der Waals surface area contributed by atoms with Crippen molar-refractivity contribution in [3.05, 3.63) is 28.8 Å². The van der Waals surface area contributed by atoms with E-state index >= 15 is 0 Å². The van der Waals surface area contributed by atoms with E-state index in [0.717, 1.165) is 11.1 Å². The molecule has 0 radical (unpaired) electrons. The number of piperazine rings is 1. The van der Waals surface area contributed by atoms with Crippen molar-refractivity contribution in [2.24, 2.45) is 5.73 Å². The maximum Gasteiger partial charge on any atom is 0.317 e. The Labute approximate surface area is 204 Å². The van der Waals surface area contributed by atoms with Gasteiger partial charge >= 0.3 is 6.03 Å². The molecule has 1 fully saturated rings. The normalized spacial score (nSPS) is 15.3. The van der Waals surface area contributed by atoms with Gasteiger partial charge in [0, 0.05) is 39.3 Å². The number of carbonyl (C=O) groups is 1. The van der Waals surface area contributed by atoms with E-state index in [9.17, 15) is 13.2 Å². The summed E-state index contributed by atoms with van der Waals surface area (Å²) in [5.74, 6) is 0.331. The smallest absolute Gasteiger partial charge is 0.317 e. The first-order valence-corrected chi connectivity index (χ1v) is 13.7. The van der Waals surface area contributed by atoms with Gasteiger partial charge in [-0.2, -0.15) is 0 Å². The van der Waals surface area contributed by atoms with Crippen molar-refractivity contribution in [1.82, 2.24) is 20.4 Å². The number of nitrogens with two attached hydrogens (primary N) is 1. The average molecular weight is 495 g/mol. The van der Waals surface area contributed by atoms with Crippen molar-refractivity contribution < 1.29 is 13.2 Å². The minimum atomic E-state index is -3.55. The highest BCUT2D eigenvalue weighted by Crippen LogP contribution is 2.36. The first-order chi connectivity index (χ1) is 15.8. The number of nitrogens with zero attached hydrogens (tertiary/aromatic N) is 2. The Bertz CT molecular complexity index is 938. The molecule has 2 rings (SSSR count). The summed E-state index contributed by atoms with van der Waals surface area (Å²) in [4.78, 5) is 16.4. The minimum Gasteiger partial charge on any atom is -0.370 e. The Hall–Kier alpha value is -2.33. The van der Waals surface area contributed by atoms with Crippen LogP contribution in [0.1, 0.15) is 76.0 Å². The van der Waals surface area contributed by atoms with Crippen LogP contribution < -0.4 is 16.4 Å². The lowest BCUT2D eigenvalue weighted by Crippen LogP contribution is -2.53. The van der Waals surface area contributed by atoms with Crippen molar-refractivity contribution >= 4 is 21.8 Å². The third-order valence-corrected chi connectivity index (χ3v) is 7.92. The van der Waals surface area contributed by atoms with E-state index in [-0.39, 0.29) is 29.7 Å². The number of hydrogen-bond donors (Lipinski definition) is 4. The zero-order chi connectivity index (χ0) is 25.6. The predicted octanol–water partition coefficient (Wildman–Crippen LogP) is 2.60. The van der Waals surface area contributed by atoms with Gasteiger partial charge in [-0.3, -0.25) is 10.3 Å². The maximum absolute atomic E-state index is 13.7. The number of amides is 2. The second-order valence-corrected chi connectivity index (χ2v) is 11.8. The molecule has 0 atom stereocenters. The van der Waals surface area contributed by atoms with Crippen LogP contribution in [0.15, 0.2) is 17.0 Å². The summed E-state index contributed by atoms with van der Waals surface area (Å²) in [6.07, 6.45) is 0. The molecule has 1 saturated heterocycles. The number of rotatable bonds is 9. The van der Waals surface area contributed by atoms with Crippen molar-refractivity contribution in [3.8, 4) is 0 Å². The summed E-state index contributed by atoms with van der Waals surface area (Å²) in [6, 6.07) is 3.94. The van der Waals surface area contributed by atoms with Crippen LogP contribution in [0.25, 0.3) is 0 Å². The summed E-state index contributed by atoms with van der Waals surface area (Å²) in [6.45, 7) is 15.1. The number of benzene rings is 1. The van der Waals surface area contributed by atoms with E-state index in [0.29, 0.717) is 50.1 Å². The van der Waals surface area contributed by atoms with E-state index in [1.165, 1.54) is 5.56 Å². The van der Waals surface area contributed by atoms with Gasteiger partial charge in [-0.15, -0.1) is 0 Å². The zero-order valence-electron chi connectivity index (χ0n) is 21.4. The number of sulfone groups is 1. The Balaban J connectivity index is 2.13. The lowest BCUT2D eigenvalue weighted by Gasteiger charge is -2.35. The molecule has 0 bridgehead atoms. The number of carbonyl (C=O) groups excluding carboxylic acids is 1. The number of guanidine groups is 1. The second-order valence-electron chi connectivity index (χ2n) is 9.91. The van der Waals surface area contributed by atoms with Gasteiger partial charge in [0.05, 0.1) is 4.90 Å². The standard InChI is InChI=1S/C24H42N6O3S/c1-16(2)19-13-20(17(3)4)22(21(14-19)18(5)6)34(32,33)15-29-9-11-30(12-10-29)24(31)28-8-7-27-23(25)26/h13-14,16-18H,7-12,15H2,1-6H3,(H,28,31)(H4,25,26,27). The fourth-order valence-electron chi connectivity index (χ4n) is 4.11. The van der Waals surface area contributed by atoms with Crippen LogP contribution in [0.2, 0.25) is 0 Å². The van der Waals surface area contributed by atoms with E-state index in [4.69, 9.17) is 11.1 Å². The molecule has 2 amide bonds. The molecule has 1 aromatic carbocycles. The van der Waals surface area contributed by atoms with E-state index in [2.05, 4.69) is 36.6 Å². The van der Waals surface area contributed by atoms with Crippen LogP contribution in [-0.2, 0) is 9.84 Å². The molecule has 9 nitrogen and oxygen atoms in total. The molecule has 0 saturated carbocycles. The predicted molar refractivity (Wildman–Crippen MR) is 137 cm³/mol. The molecular weight excluding hydrogens is 452 g/mol. The molecule has 5 N–H and O–H groups in total. The van der Waals surface area contributed by atoms with Crippen LogP contribution >= 0.6 is 0 Å². The van der Waals surface area contributed by atoms with Crippen LogP contribution in [-0.4, -0.2) is 75.4 Å². The molecule has 1 aromatic rings. The molecule has 0 unspecified atom stereocenters. The minimum absolute atomic E-state index is 0.0501. The first-order valence-electron chi connectivity index (χ1n) is 12.1. The Morgan fingerprint density at radius 1 is 0.941 bits per heavy atom. The molecule has 34 heavy (non-hydrogen) atoms. The topological polar surface area (TPSA) is 132 Å². The number of nitrogens with one attached hydrogen (secondary N) is 3. The largest absolute Gasteiger partial charge is 0.370 e. The molecule has 1 aliphatic heterocycles. The first kappa shape index (κ1) is 27.9. The van der Waals surface area contributed by atoms with Crippen LogP contribution in [0.5, 0.6) is 0 Å². The summed E-state index contributed by atoms with van der Waals surface area (Å²) < 4.78 is 27.4. The molecule has 10 heteroatoms. The van der Waals surface area contributed by atoms with E-state index in [1.54, 1.807) is 4.90 Å². The lowest BCUT2D eigenvalue weighted by molar-refractivity contribution is 0.150. The van der Waals surface area contributed by atoms with Crippen molar-refractivity contribution in [2.45, 2.75) is 64.2 Å². The molecule has 192 valence electrons. The Kier molecular flexibility index (Phi) is 9.75. The van der Waals surface area contributed by atoms with E-state index in [1.807, 2.05) is 32.6 Å². The van der Waals surface area contributed by atoms with Crippen LogP contribution in [0.4, 0.5) is 4.79 Å². The fourth-order valence-corrected chi connectivity index (χ4v) is 6.29. The Morgan fingerprint density at radius 3 is 1.88 bits per heavy atom. The number of hydrogen-bond acceptors (Lipinski definition) is 5. The maximum atomic E-state index is 13.7. The highest BCUT2D eigenvalue weighted by atomic mass is 32.2. The quantitative estimate of drug-likeness (QED) is 0.237. The van der Waals surface area contributed by atoms with Gasteiger partial charge in [-0.1, -0.05) is 53.7 Å². The fraction of sp³-hybridized carbons (Fsp3) is 0.667.